The van der Waals surface area contributed by atoms with Crippen molar-refractivity contribution in [1.82, 2.24) is 5.32 Å². The summed E-state index contributed by atoms with van der Waals surface area (Å²) in [5.41, 5.74) is 0.341. The van der Waals surface area contributed by atoms with Gasteiger partial charge in [0, 0.05) is 6.61 Å². The Kier molecular flexibility index (Phi) is 9.62. The average Bonchev–Trinajstić information content (AvgIpc) is 2.62. The molecular weight excluding hydrogens is 370 g/mol. The third-order valence-corrected chi connectivity index (χ3v) is 9.68. The highest BCUT2D eigenvalue weighted by Gasteiger charge is 2.36. The van der Waals surface area contributed by atoms with Gasteiger partial charge in [-0.05, 0) is 55.6 Å². The van der Waals surface area contributed by atoms with E-state index in [-0.39, 0.29) is 5.04 Å². The first-order valence-corrected chi connectivity index (χ1v) is 12.8. The molecule has 0 atom stereocenters. The van der Waals surface area contributed by atoms with Crippen LogP contribution in [0.15, 0.2) is 36.4 Å². The number of ether oxygens (including phenoxy) is 1. The summed E-state index contributed by atoms with van der Waals surface area (Å²) in [6, 6.07) is 6.81. The molecule has 0 heterocycles. The molecule has 1 aromatic carbocycles. The van der Waals surface area contributed by atoms with Gasteiger partial charge in [0.15, 0.2) is 8.32 Å². The predicted molar refractivity (Wildman–Crippen MR) is 116 cm³/mol. The SMILES string of the molecule is COc1ccccc1C(=O)NC(=O)/C=C/CCCCCO[Si](C)(C)C(C)(C)C. The van der Waals surface area contributed by atoms with E-state index in [2.05, 4.69) is 39.2 Å². The number of imide groups is 1. The van der Waals surface area contributed by atoms with E-state index in [1.165, 1.54) is 13.2 Å². The molecule has 1 rings (SSSR count). The first-order valence-electron chi connectivity index (χ1n) is 9.87. The van der Waals surface area contributed by atoms with Crippen molar-refractivity contribution in [2.75, 3.05) is 13.7 Å². The molecule has 0 aliphatic heterocycles. The van der Waals surface area contributed by atoms with Crippen molar-refractivity contribution in [3.05, 3.63) is 42.0 Å². The van der Waals surface area contributed by atoms with Gasteiger partial charge in [0.1, 0.15) is 5.75 Å². The third kappa shape index (κ3) is 7.98. The van der Waals surface area contributed by atoms with Crippen LogP contribution in [0.25, 0.3) is 0 Å². The van der Waals surface area contributed by atoms with Crippen LogP contribution >= 0.6 is 0 Å². The van der Waals surface area contributed by atoms with Crippen LogP contribution in [0.4, 0.5) is 0 Å². The third-order valence-electron chi connectivity index (χ3n) is 5.14. The van der Waals surface area contributed by atoms with Crippen molar-refractivity contribution in [2.45, 2.75) is 64.6 Å². The van der Waals surface area contributed by atoms with Crippen LogP contribution in [0, 0.1) is 0 Å². The Bertz CT molecular complexity index is 677. The Hall–Kier alpha value is -1.92. The number of methoxy groups -OCH3 is 1. The van der Waals surface area contributed by atoms with Crippen LogP contribution in [-0.2, 0) is 9.22 Å². The molecule has 28 heavy (non-hydrogen) atoms. The fourth-order valence-electron chi connectivity index (χ4n) is 2.33. The molecule has 0 unspecified atom stereocenters. The second-order valence-electron chi connectivity index (χ2n) is 8.38. The van der Waals surface area contributed by atoms with Crippen LogP contribution < -0.4 is 10.1 Å². The number of para-hydroxylation sites is 1. The quantitative estimate of drug-likeness (QED) is 0.334. The molecule has 2 amide bonds. The molecule has 0 bridgehead atoms. The molecule has 0 saturated carbocycles. The maximum Gasteiger partial charge on any atom is 0.261 e. The van der Waals surface area contributed by atoms with Crippen LogP contribution in [-0.4, -0.2) is 33.8 Å². The van der Waals surface area contributed by atoms with Gasteiger partial charge in [0.25, 0.3) is 5.91 Å². The summed E-state index contributed by atoms with van der Waals surface area (Å²) in [6.07, 6.45) is 7.10. The first kappa shape index (κ1) is 24.1. The van der Waals surface area contributed by atoms with Gasteiger partial charge in [-0.3, -0.25) is 14.9 Å². The number of unbranched alkanes of at least 4 members (excludes halogenated alkanes) is 3. The number of benzene rings is 1. The Morgan fingerprint density at radius 1 is 1.11 bits per heavy atom. The van der Waals surface area contributed by atoms with Gasteiger partial charge in [-0.2, -0.15) is 0 Å². The molecule has 1 aromatic rings. The number of amides is 2. The fraction of sp³-hybridized carbons (Fsp3) is 0.545. The monoisotopic (exact) mass is 405 g/mol. The number of nitrogens with one attached hydrogen (secondary N) is 1. The van der Waals surface area contributed by atoms with Crippen molar-refractivity contribution >= 4 is 20.1 Å². The van der Waals surface area contributed by atoms with Crippen LogP contribution in [0.2, 0.25) is 18.1 Å². The lowest BCUT2D eigenvalue weighted by Crippen LogP contribution is -2.40. The van der Waals surface area contributed by atoms with Crippen LogP contribution in [0.5, 0.6) is 5.75 Å². The topological polar surface area (TPSA) is 64.6 Å². The lowest BCUT2D eigenvalue weighted by molar-refractivity contribution is -0.115. The molecule has 0 aliphatic carbocycles. The second kappa shape index (κ2) is 11.2. The number of allylic oxidation sites excluding steroid dienone is 1. The minimum absolute atomic E-state index is 0.240. The molecule has 0 aromatic heterocycles. The number of hydrogen-bond donors (Lipinski definition) is 1. The minimum Gasteiger partial charge on any atom is -0.496 e. The summed E-state index contributed by atoms with van der Waals surface area (Å²) in [5, 5.41) is 2.59. The average molecular weight is 406 g/mol. The Balaban J connectivity index is 2.25. The number of carbonyl (C=O) groups is 2. The normalized spacial score (nSPS) is 12.2. The molecule has 6 heteroatoms. The van der Waals surface area contributed by atoms with Crippen LogP contribution in [0.3, 0.4) is 0 Å². The highest BCUT2D eigenvalue weighted by Crippen LogP contribution is 2.36. The van der Waals surface area contributed by atoms with E-state index in [4.69, 9.17) is 9.16 Å². The van der Waals surface area contributed by atoms with E-state index in [1.807, 2.05) is 0 Å². The highest BCUT2D eigenvalue weighted by molar-refractivity contribution is 6.74. The summed E-state index contributed by atoms with van der Waals surface area (Å²) in [6.45, 7) is 12.1. The van der Waals surface area contributed by atoms with Gasteiger partial charge in [-0.15, -0.1) is 0 Å². The molecule has 1 N–H and O–H groups in total. The molecule has 0 saturated heterocycles. The van der Waals surface area contributed by atoms with Gasteiger partial charge in [0.05, 0.1) is 12.7 Å². The molecule has 5 nitrogen and oxygen atoms in total. The number of rotatable bonds is 10. The van der Waals surface area contributed by atoms with E-state index in [1.54, 1.807) is 30.3 Å². The smallest absolute Gasteiger partial charge is 0.261 e. The summed E-state index contributed by atoms with van der Waals surface area (Å²) < 4.78 is 11.3. The summed E-state index contributed by atoms with van der Waals surface area (Å²) >= 11 is 0. The molecule has 0 spiro atoms. The van der Waals surface area contributed by atoms with E-state index < -0.39 is 20.1 Å². The van der Waals surface area contributed by atoms with E-state index >= 15 is 0 Å². The Morgan fingerprint density at radius 3 is 2.43 bits per heavy atom. The summed E-state index contributed by atoms with van der Waals surface area (Å²) in [4.78, 5) is 24.0. The second-order valence-corrected chi connectivity index (χ2v) is 13.2. The summed E-state index contributed by atoms with van der Waals surface area (Å²) in [7, 11) is -0.162. The standard InChI is InChI=1S/C22H35NO4Si/c1-22(2,3)28(5,6)27-17-13-9-7-8-10-16-20(24)23-21(25)18-14-11-12-15-19(18)26-4/h10-12,14-16H,7-9,13,17H2,1-6H3,(H,23,24,25)/b16-10+. The van der Waals surface area contributed by atoms with Crippen molar-refractivity contribution in [1.29, 1.82) is 0 Å². The molecule has 156 valence electrons. The zero-order valence-corrected chi connectivity index (χ0v) is 19.1. The van der Waals surface area contributed by atoms with Gasteiger partial charge in [-0.25, -0.2) is 0 Å². The minimum atomic E-state index is -1.65. The van der Waals surface area contributed by atoms with E-state index in [9.17, 15) is 9.59 Å². The fourth-order valence-corrected chi connectivity index (χ4v) is 3.42. The summed E-state index contributed by atoms with van der Waals surface area (Å²) in [5.74, 6) is -0.441. The lowest BCUT2D eigenvalue weighted by atomic mass is 10.2. The van der Waals surface area contributed by atoms with Crippen LogP contribution in [0.1, 0.15) is 56.8 Å². The van der Waals surface area contributed by atoms with E-state index in [0.717, 1.165) is 32.3 Å². The zero-order chi connectivity index (χ0) is 21.2. The highest BCUT2D eigenvalue weighted by atomic mass is 28.4. The van der Waals surface area contributed by atoms with Gasteiger partial charge < -0.3 is 9.16 Å². The van der Waals surface area contributed by atoms with Gasteiger partial charge >= 0.3 is 0 Å². The van der Waals surface area contributed by atoms with Crippen molar-refractivity contribution in [3.8, 4) is 5.75 Å². The molecule has 0 fully saturated rings. The number of carbonyl (C=O) groups excluding carboxylic acids is 2. The predicted octanol–water partition coefficient (Wildman–Crippen LogP) is 5.09. The maximum atomic E-state index is 12.1. The largest absolute Gasteiger partial charge is 0.496 e. The molecule has 0 radical (unpaired) electrons. The van der Waals surface area contributed by atoms with E-state index in [0.29, 0.717) is 11.3 Å². The van der Waals surface area contributed by atoms with Gasteiger partial charge in [-0.1, -0.05) is 45.4 Å². The first-order chi connectivity index (χ1) is 13.1. The Morgan fingerprint density at radius 2 is 1.79 bits per heavy atom. The van der Waals surface area contributed by atoms with Crippen molar-refractivity contribution in [3.63, 3.8) is 0 Å². The van der Waals surface area contributed by atoms with Crippen molar-refractivity contribution < 1.29 is 18.8 Å². The molecular formula is C22H35NO4Si. The lowest BCUT2D eigenvalue weighted by Gasteiger charge is -2.36. The van der Waals surface area contributed by atoms with Crippen molar-refractivity contribution in [2.24, 2.45) is 0 Å². The zero-order valence-electron chi connectivity index (χ0n) is 18.1. The molecule has 0 aliphatic rings. The number of hydrogen-bond acceptors (Lipinski definition) is 4. The Labute approximate surface area is 170 Å². The van der Waals surface area contributed by atoms with Gasteiger partial charge in [0.2, 0.25) is 5.91 Å². The maximum absolute atomic E-state index is 12.1.